The maximum Gasteiger partial charge on any atom is 0.134 e. The minimum atomic E-state index is -0.594. The lowest BCUT2D eigenvalue weighted by atomic mass is 10.0. The number of aromatic nitrogens is 1. The zero-order valence-corrected chi connectivity index (χ0v) is 13.6. The molecule has 2 aromatic rings. The van der Waals surface area contributed by atoms with Gasteiger partial charge in [-0.3, -0.25) is 4.98 Å². The van der Waals surface area contributed by atoms with E-state index >= 15 is 0 Å². The number of aryl methyl sites for hydroxylation is 1. The third kappa shape index (κ3) is 2.22. The summed E-state index contributed by atoms with van der Waals surface area (Å²) >= 11 is 16.0. The second-order valence-electron chi connectivity index (χ2n) is 4.91. The highest BCUT2D eigenvalue weighted by Crippen LogP contribution is 2.44. The molecule has 2 nitrogen and oxygen atoms in total. The number of rotatable bonds is 1. The molecule has 3 rings (SSSR count). The SMILES string of the molecule is Cc1nc2c(Cl)cccc2c2c1C[C@@H]([C@@](C)(Cl)Br)O2. The largest absolute Gasteiger partial charge is 0.486 e. The van der Waals surface area contributed by atoms with E-state index < -0.39 is 3.78 Å². The number of pyridine rings is 1. The van der Waals surface area contributed by atoms with Gasteiger partial charge in [-0.2, -0.15) is 0 Å². The molecular weight excluding hydrogens is 349 g/mol. The van der Waals surface area contributed by atoms with Crippen molar-refractivity contribution in [2.45, 2.75) is 30.2 Å². The van der Waals surface area contributed by atoms with Crippen LogP contribution in [0.25, 0.3) is 10.9 Å². The lowest BCUT2D eigenvalue weighted by Crippen LogP contribution is -2.31. The van der Waals surface area contributed by atoms with Gasteiger partial charge in [-0.05, 0) is 26.0 Å². The van der Waals surface area contributed by atoms with Crippen molar-refractivity contribution in [3.63, 3.8) is 0 Å². The second-order valence-corrected chi connectivity index (χ2v) is 8.20. The van der Waals surface area contributed by atoms with Gasteiger partial charge < -0.3 is 4.74 Å². The van der Waals surface area contributed by atoms with E-state index in [4.69, 9.17) is 27.9 Å². The monoisotopic (exact) mass is 359 g/mol. The molecule has 0 amide bonds. The van der Waals surface area contributed by atoms with Crippen LogP contribution in [0.1, 0.15) is 18.2 Å². The number of halogens is 3. The summed E-state index contributed by atoms with van der Waals surface area (Å²) in [5.41, 5.74) is 2.85. The van der Waals surface area contributed by atoms with Crippen molar-refractivity contribution in [1.29, 1.82) is 0 Å². The van der Waals surface area contributed by atoms with Gasteiger partial charge in [-0.25, -0.2) is 0 Å². The van der Waals surface area contributed by atoms with E-state index in [1.807, 2.05) is 32.0 Å². The van der Waals surface area contributed by atoms with E-state index in [0.29, 0.717) is 5.02 Å². The van der Waals surface area contributed by atoms with Gasteiger partial charge >= 0.3 is 0 Å². The Morgan fingerprint density at radius 1 is 1.47 bits per heavy atom. The number of ether oxygens (including phenoxy) is 1. The highest BCUT2D eigenvalue weighted by molar-refractivity contribution is 9.10. The summed E-state index contributed by atoms with van der Waals surface area (Å²) in [6, 6.07) is 5.73. The molecule has 19 heavy (non-hydrogen) atoms. The first kappa shape index (κ1) is 13.5. The Bertz CT molecular complexity index is 667. The van der Waals surface area contributed by atoms with Gasteiger partial charge in [0.15, 0.2) is 0 Å². The molecule has 0 saturated heterocycles. The first-order valence-electron chi connectivity index (χ1n) is 6.00. The topological polar surface area (TPSA) is 22.1 Å². The number of nitrogens with zero attached hydrogens (tertiary/aromatic N) is 1. The summed E-state index contributed by atoms with van der Waals surface area (Å²) in [5.74, 6) is 0.862. The van der Waals surface area contributed by atoms with Crippen LogP contribution < -0.4 is 4.74 Å². The smallest absolute Gasteiger partial charge is 0.134 e. The van der Waals surface area contributed by atoms with Gasteiger partial charge in [0.25, 0.3) is 0 Å². The minimum absolute atomic E-state index is 0.116. The average molecular weight is 361 g/mol. The Morgan fingerprint density at radius 2 is 2.21 bits per heavy atom. The maximum absolute atomic E-state index is 6.31. The Hall–Kier alpha value is -0.510. The highest BCUT2D eigenvalue weighted by Gasteiger charge is 2.38. The van der Waals surface area contributed by atoms with Crippen LogP contribution in [0.15, 0.2) is 18.2 Å². The molecule has 100 valence electrons. The number of para-hydroxylation sites is 1. The molecule has 0 aliphatic carbocycles. The van der Waals surface area contributed by atoms with Crippen LogP contribution >= 0.6 is 39.1 Å². The van der Waals surface area contributed by atoms with Crippen LogP contribution in [-0.2, 0) is 6.42 Å². The zero-order valence-electron chi connectivity index (χ0n) is 10.5. The Labute approximate surface area is 130 Å². The quantitative estimate of drug-likeness (QED) is 0.678. The van der Waals surface area contributed by atoms with Crippen LogP contribution in [0.4, 0.5) is 0 Å². The van der Waals surface area contributed by atoms with Crippen LogP contribution in [0, 0.1) is 6.92 Å². The van der Waals surface area contributed by atoms with Crippen LogP contribution in [0.3, 0.4) is 0 Å². The van der Waals surface area contributed by atoms with Crippen molar-refractivity contribution in [3.05, 3.63) is 34.5 Å². The van der Waals surface area contributed by atoms with E-state index in [2.05, 4.69) is 20.9 Å². The van der Waals surface area contributed by atoms with Crippen LogP contribution in [0.5, 0.6) is 5.75 Å². The summed E-state index contributed by atoms with van der Waals surface area (Å²) in [7, 11) is 0. The molecule has 0 spiro atoms. The molecule has 1 aliphatic heterocycles. The van der Waals surface area contributed by atoms with Gasteiger partial charge in [0, 0.05) is 23.1 Å². The van der Waals surface area contributed by atoms with Gasteiger partial charge in [0.05, 0.1) is 10.5 Å². The van der Waals surface area contributed by atoms with Gasteiger partial charge in [0.1, 0.15) is 15.6 Å². The van der Waals surface area contributed by atoms with Gasteiger partial charge in [-0.15, -0.1) is 11.6 Å². The summed E-state index contributed by atoms with van der Waals surface area (Å²) in [5, 5.41) is 1.59. The van der Waals surface area contributed by atoms with E-state index in [-0.39, 0.29) is 6.10 Å². The maximum atomic E-state index is 6.31. The molecule has 0 radical (unpaired) electrons. The lowest BCUT2D eigenvalue weighted by molar-refractivity contribution is 0.225. The molecule has 0 saturated carbocycles. The molecule has 1 aromatic carbocycles. The van der Waals surface area contributed by atoms with Gasteiger partial charge in [0.2, 0.25) is 0 Å². The van der Waals surface area contributed by atoms with Crippen molar-refractivity contribution in [2.24, 2.45) is 0 Å². The summed E-state index contributed by atoms with van der Waals surface area (Å²) in [6.07, 6.45) is 0.635. The number of hydrogen-bond acceptors (Lipinski definition) is 2. The van der Waals surface area contributed by atoms with E-state index in [1.165, 1.54) is 0 Å². The first-order valence-corrected chi connectivity index (χ1v) is 7.55. The molecule has 1 aliphatic rings. The third-order valence-electron chi connectivity index (χ3n) is 3.44. The van der Waals surface area contributed by atoms with Crippen molar-refractivity contribution < 1.29 is 4.74 Å². The molecule has 0 unspecified atom stereocenters. The van der Waals surface area contributed by atoms with E-state index in [1.54, 1.807) is 0 Å². The summed E-state index contributed by atoms with van der Waals surface area (Å²) < 4.78 is 5.45. The Kier molecular flexibility index (Phi) is 3.19. The fraction of sp³-hybridized carbons (Fsp3) is 0.357. The second kappa shape index (κ2) is 4.51. The van der Waals surface area contributed by atoms with Crippen molar-refractivity contribution in [3.8, 4) is 5.75 Å². The minimum Gasteiger partial charge on any atom is -0.486 e. The fourth-order valence-corrected chi connectivity index (χ4v) is 3.00. The number of alkyl halides is 2. The molecule has 0 bridgehead atoms. The molecular formula is C14H12BrCl2NO. The third-order valence-corrected chi connectivity index (χ3v) is 4.50. The van der Waals surface area contributed by atoms with E-state index in [0.717, 1.165) is 34.3 Å². The predicted octanol–water partition coefficient (Wildman–Crippen LogP) is 4.85. The van der Waals surface area contributed by atoms with Crippen molar-refractivity contribution in [1.82, 2.24) is 4.98 Å². The van der Waals surface area contributed by atoms with Gasteiger partial charge in [-0.1, -0.05) is 33.6 Å². The standard InChI is InChI=1S/C14H12BrCl2NO/c1-7-9-6-11(14(2,15)17)19-13(9)8-4-3-5-10(16)12(8)18-7/h3-5,11H,6H2,1-2H3/t11-,14+/m0/s1. The molecule has 5 heteroatoms. The fourth-order valence-electron chi connectivity index (χ4n) is 2.40. The highest BCUT2D eigenvalue weighted by atomic mass is 79.9. The molecule has 2 heterocycles. The van der Waals surface area contributed by atoms with Crippen LogP contribution in [0.2, 0.25) is 5.02 Å². The van der Waals surface area contributed by atoms with Crippen molar-refractivity contribution >= 4 is 50.0 Å². The molecule has 0 fully saturated rings. The average Bonchev–Trinajstić information content (AvgIpc) is 2.76. The molecule has 1 aromatic heterocycles. The summed E-state index contributed by atoms with van der Waals surface area (Å²) in [6.45, 7) is 3.87. The lowest BCUT2D eigenvalue weighted by Gasteiger charge is -2.21. The Morgan fingerprint density at radius 3 is 2.89 bits per heavy atom. The molecule has 2 atom stereocenters. The first-order chi connectivity index (χ1) is 8.88. The Balaban J connectivity index is 2.22. The number of fused-ring (bicyclic) bond motifs is 3. The summed E-state index contributed by atoms with van der Waals surface area (Å²) in [4.78, 5) is 4.59. The molecule has 0 N–H and O–H groups in total. The van der Waals surface area contributed by atoms with E-state index in [9.17, 15) is 0 Å². The zero-order chi connectivity index (χ0) is 13.8. The predicted molar refractivity (Wildman–Crippen MR) is 82.8 cm³/mol. The number of benzene rings is 1. The van der Waals surface area contributed by atoms with Crippen molar-refractivity contribution in [2.75, 3.05) is 0 Å². The van der Waals surface area contributed by atoms with Crippen LogP contribution in [-0.4, -0.2) is 14.9 Å². The normalized spacial score (nSPS) is 21.0. The number of hydrogen-bond donors (Lipinski definition) is 0.